The number of hydrogen-bond acceptors (Lipinski definition) is 5. The van der Waals surface area contributed by atoms with Crippen molar-refractivity contribution in [2.75, 3.05) is 45.9 Å². The molecule has 0 aromatic heterocycles. The van der Waals surface area contributed by atoms with Crippen LogP contribution in [0.1, 0.15) is 52.5 Å². The first kappa shape index (κ1) is 24.0. The second kappa shape index (κ2) is 11.2. The number of nitrogens with zero attached hydrogens (tertiary/aromatic N) is 2. The van der Waals surface area contributed by atoms with E-state index in [0.29, 0.717) is 25.6 Å². The number of nitrogens with one attached hydrogen (secondary N) is 1. The van der Waals surface area contributed by atoms with Crippen LogP contribution in [0.2, 0.25) is 0 Å². The second-order valence-corrected chi connectivity index (χ2v) is 9.03. The molecule has 2 rings (SSSR count). The maximum atomic E-state index is 12.1. The monoisotopic (exact) mass is 419 g/mol. The molecule has 0 unspecified atom stereocenters. The summed E-state index contributed by atoms with van der Waals surface area (Å²) in [5, 5.41) is 2.91. The zero-order chi connectivity index (χ0) is 22.1. The molecule has 0 saturated carbocycles. The third-order valence-electron chi connectivity index (χ3n) is 4.89. The number of carbonyl (C=O) groups is 2. The molecule has 0 bridgehead atoms. The summed E-state index contributed by atoms with van der Waals surface area (Å²) >= 11 is 0. The van der Waals surface area contributed by atoms with Crippen molar-refractivity contribution in [2.45, 2.75) is 52.6 Å². The highest BCUT2D eigenvalue weighted by Gasteiger charge is 2.25. The molecule has 1 aliphatic rings. The quantitative estimate of drug-likeness (QED) is 0.655. The minimum Gasteiger partial charge on any atom is -0.484 e. The van der Waals surface area contributed by atoms with Crippen molar-refractivity contribution in [3.05, 3.63) is 29.8 Å². The van der Waals surface area contributed by atoms with Crippen LogP contribution >= 0.6 is 0 Å². The Morgan fingerprint density at radius 2 is 1.83 bits per heavy atom. The summed E-state index contributed by atoms with van der Waals surface area (Å²) in [7, 11) is 0. The SMILES string of the molecule is CC(C)c1cccc(OCC(=O)NCCCN2CCN(C(=O)OC(C)(C)C)CC2)c1. The Kier molecular flexibility index (Phi) is 8.96. The van der Waals surface area contributed by atoms with Crippen LogP contribution in [-0.2, 0) is 9.53 Å². The third kappa shape index (κ3) is 8.61. The Bertz CT molecular complexity index is 692. The molecule has 1 aromatic carbocycles. The van der Waals surface area contributed by atoms with E-state index in [-0.39, 0.29) is 18.6 Å². The van der Waals surface area contributed by atoms with Gasteiger partial charge in [-0.25, -0.2) is 4.79 Å². The largest absolute Gasteiger partial charge is 0.484 e. The average Bonchev–Trinajstić information content (AvgIpc) is 2.69. The van der Waals surface area contributed by atoms with Gasteiger partial charge in [0.05, 0.1) is 0 Å². The van der Waals surface area contributed by atoms with Gasteiger partial charge >= 0.3 is 6.09 Å². The number of rotatable bonds is 8. The molecule has 0 radical (unpaired) electrons. The Morgan fingerprint density at radius 3 is 2.47 bits per heavy atom. The maximum absolute atomic E-state index is 12.1. The lowest BCUT2D eigenvalue weighted by atomic mass is 10.0. The third-order valence-corrected chi connectivity index (χ3v) is 4.89. The van der Waals surface area contributed by atoms with E-state index in [1.165, 1.54) is 5.56 Å². The number of amides is 2. The van der Waals surface area contributed by atoms with Gasteiger partial charge in [0.2, 0.25) is 0 Å². The molecule has 1 N–H and O–H groups in total. The summed E-state index contributed by atoms with van der Waals surface area (Å²) in [6, 6.07) is 7.86. The van der Waals surface area contributed by atoms with E-state index in [1.54, 1.807) is 4.90 Å². The van der Waals surface area contributed by atoms with Crippen LogP contribution in [0, 0.1) is 0 Å². The number of carbonyl (C=O) groups excluding carboxylic acids is 2. The lowest BCUT2D eigenvalue weighted by Gasteiger charge is -2.35. The standard InChI is InChI=1S/C23H37N3O4/c1-18(2)19-8-6-9-20(16-19)29-17-21(27)24-10-7-11-25-12-14-26(15-13-25)22(28)30-23(3,4)5/h6,8-9,16,18H,7,10-15,17H2,1-5H3,(H,24,27). The van der Waals surface area contributed by atoms with E-state index in [1.807, 2.05) is 39.0 Å². The smallest absolute Gasteiger partial charge is 0.410 e. The first-order valence-corrected chi connectivity index (χ1v) is 10.8. The number of benzene rings is 1. The summed E-state index contributed by atoms with van der Waals surface area (Å²) in [6.07, 6.45) is 0.620. The zero-order valence-corrected chi connectivity index (χ0v) is 19.1. The molecule has 1 fully saturated rings. The fourth-order valence-corrected chi connectivity index (χ4v) is 3.17. The predicted octanol–water partition coefficient (Wildman–Crippen LogP) is 3.25. The highest BCUT2D eigenvalue weighted by Crippen LogP contribution is 2.20. The summed E-state index contributed by atoms with van der Waals surface area (Å²) in [6.45, 7) is 14.4. The number of ether oxygens (including phenoxy) is 2. The lowest BCUT2D eigenvalue weighted by Crippen LogP contribution is -2.50. The van der Waals surface area contributed by atoms with Gasteiger partial charge in [0.15, 0.2) is 6.61 Å². The molecule has 1 aliphatic heterocycles. The summed E-state index contributed by atoms with van der Waals surface area (Å²) < 4.78 is 11.0. The number of piperazine rings is 1. The lowest BCUT2D eigenvalue weighted by molar-refractivity contribution is -0.123. The van der Waals surface area contributed by atoms with Gasteiger partial charge in [-0.3, -0.25) is 9.69 Å². The molecule has 1 saturated heterocycles. The Labute approximate surface area is 180 Å². The van der Waals surface area contributed by atoms with E-state index in [4.69, 9.17) is 9.47 Å². The van der Waals surface area contributed by atoms with Crippen LogP contribution in [0.5, 0.6) is 5.75 Å². The van der Waals surface area contributed by atoms with Gasteiger partial charge in [-0.1, -0.05) is 26.0 Å². The normalized spacial score (nSPS) is 15.2. The van der Waals surface area contributed by atoms with E-state index < -0.39 is 5.60 Å². The topological polar surface area (TPSA) is 71.1 Å². The van der Waals surface area contributed by atoms with Gasteiger partial charge in [0, 0.05) is 32.7 Å². The molecule has 168 valence electrons. The molecular formula is C23H37N3O4. The Morgan fingerprint density at radius 1 is 1.13 bits per heavy atom. The second-order valence-electron chi connectivity index (χ2n) is 9.03. The van der Waals surface area contributed by atoms with Crippen LogP contribution < -0.4 is 10.1 Å². The molecule has 1 aromatic rings. The van der Waals surface area contributed by atoms with Crippen molar-refractivity contribution in [3.8, 4) is 5.75 Å². The highest BCUT2D eigenvalue weighted by atomic mass is 16.6. The van der Waals surface area contributed by atoms with Gasteiger partial charge in [-0.2, -0.15) is 0 Å². The molecule has 0 atom stereocenters. The first-order chi connectivity index (χ1) is 14.1. The minimum absolute atomic E-state index is 0.0239. The first-order valence-electron chi connectivity index (χ1n) is 10.8. The van der Waals surface area contributed by atoms with Crippen molar-refractivity contribution in [1.29, 1.82) is 0 Å². The molecular weight excluding hydrogens is 382 g/mol. The van der Waals surface area contributed by atoms with Crippen LogP contribution in [0.25, 0.3) is 0 Å². The molecule has 0 aliphatic carbocycles. The highest BCUT2D eigenvalue weighted by molar-refractivity contribution is 5.77. The molecule has 1 heterocycles. The van der Waals surface area contributed by atoms with Gasteiger partial charge < -0.3 is 19.7 Å². The predicted molar refractivity (Wildman–Crippen MR) is 118 cm³/mol. The van der Waals surface area contributed by atoms with Gasteiger partial charge in [0.1, 0.15) is 11.4 Å². The summed E-state index contributed by atoms with van der Waals surface area (Å²) in [4.78, 5) is 28.2. The van der Waals surface area contributed by atoms with E-state index in [9.17, 15) is 9.59 Å². The fraction of sp³-hybridized carbons (Fsp3) is 0.652. The van der Waals surface area contributed by atoms with Crippen molar-refractivity contribution in [1.82, 2.24) is 15.1 Å². The molecule has 2 amide bonds. The van der Waals surface area contributed by atoms with E-state index >= 15 is 0 Å². The van der Waals surface area contributed by atoms with E-state index in [0.717, 1.165) is 31.8 Å². The molecule has 0 spiro atoms. The van der Waals surface area contributed by atoms with E-state index in [2.05, 4.69) is 30.1 Å². The molecule has 30 heavy (non-hydrogen) atoms. The maximum Gasteiger partial charge on any atom is 0.410 e. The van der Waals surface area contributed by atoms with Crippen molar-refractivity contribution in [2.24, 2.45) is 0 Å². The van der Waals surface area contributed by atoms with Crippen LogP contribution in [0.4, 0.5) is 4.79 Å². The Balaban J connectivity index is 1.58. The fourth-order valence-electron chi connectivity index (χ4n) is 3.17. The number of hydrogen-bond donors (Lipinski definition) is 1. The summed E-state index contributed by atoms with van der Waals surface area (Å²) in [5.41, 5.74) is 0.729. The van der Waals surface area contributed by atoms with Gasteiger partial charge in [-0.15, -0.1) is 0 Å². The van der Waals surface area contributed by atoms with Gasteiger partial charge in [0.25, 0.3) is 5.91 Å². The van der Waals surface area contributed by atoms with Crippen molar-refractivity contribution in [3.63, 3.8) is 0 Å². The zero-order valence-electron chi connectivity index (χ0n) is 19.1. The van der Waals surface area contributed by atoms with Crippen LogP contribution in [0.15, 0.2) is 24.3 Å². The average molecular weight is 420 g/mol. The van der Waals surface area contributed by atoms with Crippen molar-refractivity contribution < 1.29 is 19.1 Å². The molecule has 7 heteroatoms. The summed E-state index contributed by atoms with van der Waals surface area (Å²) in [5.74, 6) is 1.03. The Hall–Kier alpha value is -2.28. The van der Waals surface area contributed by atoms with Gasteiger partial charge in [-0.05, 0) is 57.4 Å². The van der Waals surface area contributed by atoms with Crippen molar-refractivity contribution >= 4 is 12.0 Å². The van der Waals surface area contributed by atoms with Crippen LogP contribution in [0.3, 0.4) is 0 Å². The molecule has 7 nitrogen and oxygen atoms in total. The van der Waals surface area contributed by atoms with Crippen LogP contribution in [-0.4, -0.2) is 73.3 Å². The minimum atomic E-state index is -0.465.